The summed E-state index contributed by atoms with van der Waals surface area (Å²) in [7, 11) is 1.88. The molecule has 2 saturated heterocycles. The highest BCUT2D eigenvalue weighted by atomic mass is 19.1. The number of fused-ring (bicyclic) bond motifs is 2. The standard InChI is InChI=1S/C23H27FN6O2/c1-22-7-4-8-23(2,29-22)20(24)17(10-22)30(3)19-12-25-16(11-26-19)15-6-5-14(9-18(15)31)21-28-27-13-32-21/h5-6,9,11-13,17,20,29,31H,4,7-8,10H2,1-3H3/t17-,20-,22-,23+/m0/s1. The first-order chi connectivity index (χ1) is 15.3. The van der Waals surface area contributed by atoms with Crippen molar-refractivity contribution in [1.29, 1.82) is 0 Å². The highest BCUT2D eigenvalue weighted by molar-refractivity contribution is 5.71. The summed E-state index contributed by atoms with van der Waals surface area (Å²) < 4.78 is 20.7. The first kappa shape index (κ1) is 20.8. The summed E-state index contributed by atoms with van der Waals surface area (Å²) in [6, 6.07) is 4.77. The third-order valence-electron chi connectivity index (χ3n) is 7.00. The van der Waals surface area contributed by atoms with Crippen LogP contribution in [-0.4, -0.2) is 55.6 Å². The summed E-state index contributed by atoms with van der Waals surface area (Å²) in [5, 5.41) is 21.5. The molecule has 4 heterocycles. The van der Waals surface area contributed by atoms with Crippen LogP contribution in [0.1, 0.15) is 39.5 Å². The number of nitrogens with zero attached hydrogens (tertiary/aromatic N) is 5. The molecule has 2 aliphatic rings. The average molecular weight is 439 g/mol. The SMILES string of the molecule is CN(c1cnc(-c2ccc(-c3nnco3)cc2O)cn1)[C@H]1C[C@]2(C)CCC[C@@](C)(N2)[C@H]1F. The lowest BCUT2D eigenvalue weighted by Gasteiger charge is -2.56. The fourth-order valence-corrected chi connectivity index (χ4v) is 5.34. The van der Waals surface area contributed by atoms with Gasteiger partial charge in [-0.15, -0.1) is 10.2 Å². The highest BCUT2D eigenvalue weighted by Crippen LogP contribution is 2.43. The number of nitrogens with one attached hydrogen (secondary N) is 1. The molecule has 0 radical (unpaired) electrons. The molecule has 2 fully saturated rings. The van der Waals surface area contributed by atoms with E-state index in [1.807, 2.05) is 18.9 Å². The Hall–Kier alpha value is -3.07. The molecule has 32 heavy (non-hydrogen) atoms. The van der Waals surface area contributed by atoms with Gasteiger partial charge in [-0.25, -0.2) is 9.37 Å². The number of benzene rings is 1. The summed E-state index contributed by atoms with van der Waals surface area (Å²) in [5.74, 6) is 0.965. The van der Waals surface area contributed by atoms with E-state index in [2.05, 4.69) is 32.4 Å². The molecule has 2 aliphatic heterocycles. The Balaban J connectivity index is 1.38. The Kier molecular flexibility index (Phi) is 4.88. The zero-order valence-electron chi connectivity index (χ0n) is 18.4. The molecule has 0 aliphatic carbocycles. The van der Waals surface area contributed by atoms with Gasteiger partial charge in [-0.1, -0.05) is 0 Å². The smallest absolute Gasteiger partial charge is 0.247 e. The number of aromatic nitrogens is 4. The molecule has 1 aromatic carbocycles. The van der Waals surface area contributed by atoms with Gasteiger partial charge in [-0.05, 0) is 57.7 Å². The fraction of sp³-hybridized carbons (Fsp3) is 0.478. The summed E-state index contributed by atoms with van der Waals surface area (Å²) in [6.45, 7) is 4.18. The largest absolute Gasteiger partial charge is 0.507 e. The second-order valence-corrected chi connectivity index (χ2v) is 9.48. The van der Waals surface area contributed by atoms with Gasteiger partial charge in [0.2, 0.25) is 12.3 Å². The zero-order valence-corrected chi connectivity index (χ0v) is 18.4. The number of hydrogen-bond donors (Lipinski definition) is 2. The van der Waals surface area contributed by atoms with Gasteiger partial charge in [0.1, 0.15) is 17.7 Å². The molecule has 0 amide bonds. The van der Waals surface area contributed by atoms with E-state index in [1.54, 1.807) is 30.6 Å². The monoisotopic (exact) mass is 438 g/mol. The number of alkyl halides is 1. The quantitative estimate of drug-likeness (QED) is 0.636. The topological polar surface area (TPSA) is 100 Å². The second kappa shape index (κ2) is 7.51. The molecule has 0 saturated carbocycles. The maximum atomic E-state index is 15.6. The molecular formula is C23H27FN6O2. The normalized spacial score (nSPS) is 29.6. The van der Waals surface area contributed by atoms with Crippen LogP contribution in [-0.2, 0) is 0 Å². The van der Waals surface area contributed by atoms with Gasteiger partial charge in [0.25, 0.3) is 0 Å². The molecule has 0 unspecified atom stereocenters. The van der Waals surface area contributed by atoms with Crippen molar-refractivity contribution in [1.82, 2.24) is 25.5 Å². The number of rotatable bonds is 4. The Labute approximate surface area is 185 Å². The van der Waals surface area contributed by atoms with E-state index < -0.39 is 11.7 Å². The third kappa shape index (κ3) is 3.50. The summed E-state index contributed by atoms with van der Waals surface area (Å²) >= 11 is 0. The minimum absolute atomic E-state index is 0.0342. The first-order valence-electron chi connectivity index (χ1n) is 10.9. The lowest BCUT2D eigenvalue weighted by molar-refractivity contribution is 0.00197. The van der Waals surface area contributed by atoms with E-state index >= 15 is 4.39 Å². The van der Waals surface area contributed by atoms with Crippen molar-refractivity contribution >= 4 is 5.82 Å². The van der Waals surface area contributed by atoms with Crippen LogP contribution in [0.2, 0.25) is 0 Å². The third-order valence-corrected chi connectivity index (χ3v) is 7.00. The van der Waals surface area contributed by atoms with Crippen molar-refractivity contribution < 1.29 is 13.9 Å². The van der Waals surface area contributed by atoms with Gasteiger partial charge in [0, 0.05) is 29.3 Å². The molecule has 5 rings (SSSR count). The van der Waals surface area contributed by atoms with Gasteiger partial charge in [0.15, 0.2) is 0 Å². The average Bonchev–Trinajstić information content (AvgIpc) is 3.31. The first-order valence-corrected chi connectivity index (χ1v) is 10.9. The summed E-state index contributed by atoms with van der Waals surface area (Å²) in [4.78, 5) is 10.9. The predicted molar refractivity (Wildman–Crippen MR) is 118 cm³/mol. The Morgan fingerprint density at radius 2 is 2.06 bits per heavy atom. The van der Waals surface area contributed by atoms with E-state index in [4.69, 9.17) is 4.42 Å². The van der Waals surface area contributed by atoms with Crippen LogP contribution >= 0.6 is 0 Å². The van der Waals surface area contributed by atoms with E-state index in [-0.39, 0.29) is 17.3 Å². The summed E-state index contributed by atoms with van der Waals surface area (Å²) in [6.07, 6.45) is 7.09. The Morgan fingerprint density at radius 1 is 1.22 bits per heavy atom. The molecule has 8 nitrogen and oxygen atoms in total. The Bertz CT molecular complexity index is 1110. The van der Waals surface area contributed by atoms with Crippen molar-refractivity contribution in [2.24, 2.45) is 0 Å². The van der Waals surface area contributed by atoms with E-state index in [0.29, 0.717) is 35.0 Å². The van der Waals surface area contributed by atoms with Crippen LogP contribution in [0.15, 0.2) is 41.4 Å². The minimum Gasteiger partial charge on any atom is -0.507 e. The maximum Gasteiger partial charge on any atom is 0.247 e. The predicted octanol–water partition coefficient (Wildman–Crippen LogP) is 3.74. The molecule has 2 aromatic heterocycles. The van der Waals surface area contributed by atoms with Crippen LogP contribution in [0.25, 0.3) is 22.7 Å². The molecule has 4 atom stereocenters. The molecule has 0 spiro atoms. The number of halogens is 1. The lowest BCUT2D eigenvalue weighted by atomic mass is 9.68. The van der Waals surface area contributed by atoms with Gasteiger partial charge >= 0.3 is 0 Å². The Morgan fingerprint density at radius 3 is 2.75 bits per heavy atom. The van der Waals surface area contributed by atoms with Crippen molar-refractivity contribution in [2.45, 2.75) is 62.8 Å². The number of hydrogen-bond acceptors (Lipinski definition) is 8. The van der Waals surface area contributed by atoms with E-state index in [1.165, 1.54) is 6.39 Å². The van der Waals surface area contributed by atoms with Gasteiger partial charge in [-0.2, -0.15) is 0 Å². The van der Waals surface area contributed by atoms with E-state index in [0.717, 1.165) is 19.3 Å². The van der Waals surface area contributed by atoms with E-state index in [9.17, 15) is 5.11 Å². The number of anilines is 1. The van der Waals surface area contributed by atoms with Crippen molar-refractivity contribution in [3.63, 3.8) is 0 Å². The van der Waals surface area contributed by atoms with Crippen molar-refractivity contribution in [3.8, 4) is 28.5 Å². The lowest BCUT2D eigenvalue weighted by Crippen LogP contribution is -2.72. The molecule has 3 aromatic rings. The second-order valence-electron chi connectivity index (χ2n) is 9.48. The molecule has 168 valence electrons. The number of piperidine rings is 2. The van der Waals surface area contributed by atoms with Crippen LogP contribution in [0.3, 0.4) is 0 Å². The van der Waals surface area contributed by atoms with Crippen molar-refractivity contribution in [3.05, 3.63) is 37.0 Å². The molecule has 2 bridgehead atoms. The van der Waals surface area contributed by atoms with Gasteiger partial charge in [-0.3, -0.25) is 4.98 Å². The van der Waals surface area contributed by atoms with Crippen LogP contribution in [0, 0.1) is 0 Å². The highest BCUT2D eigenvalue weighted by Gasteiger charge is 2.53. The maximum absolute atomic E-state index is 15.6. The zero-order chi connectivity index (χ0) is 22.5. The van der Waals surface area contributed by atoms with Crippen LogP contribution < -0.4 is 10.2 Å². The van der Waals surface area contributed by atoms with Gasteiger partial charge < -0.3 is 19.7 Å². The molecular weight excluding hydrogens is 411 g/mol. The van der Waals surface area contributed by atoms with Gasteiger partial charge in [0.05, 0.1) is 24.1 Å². The number of phenols is 1. The summed E-state index contributed by atoms with van der Waals surface area (Å²) in [5.41, 5.74) is 1.07. The minimum atomic E-state index is -1.01. The van der Waals surface area contributed by atoms with Crippen LogP contribution in [0.4, 0.5) is 10.2 Å². The number of aromatic hydroxyl groups is 1. The van der Waals surface area contributed by atoms with Crippen LogP contribution in [0.5, 0.6) is 5.75 Å². The molecule has 2 N–H and O–H groups in total. The molecule has 9 heteroatoms. The fourth-order valence-electron chi connectivity index (χ4n) is 5.34. The number of phenolic OH excluding ortho intramolecular Hbond substituents is 1. The van der Waals surface area contributed by atoms with Crippen molar-refractivity contribution in [2.75, 3.05) is 11.9 Å².